The summed E-state index contributed by atoms with van der Waals surface area (Å²) in [5, 5.41) is 12.1. The van der Waals surface area contributed by atoms with E-state index < -0.39 is 34.5 Å². The maximum atomic E-state index is 13.9. The Balaban J connectivity index is 1.91. The van der Waals surface area contributed by atoms with Crippen LogP contribution in [0.2, 0.25) is 0 Å². The molecule has 0 unspecified atom stereocenters. The van der Waals surface area contributed by atoms with Crippen molar-refractivity contribution in [1.82, 2.24) is 9.58 Å². The molecule has 2 heterocycles. The van der Waals surface area contributed by atoms with E-state index in [9.17, 15) is 28.3 Å². The molecule has 1 aliphatic rings. The number of hydrogen-bond donors (Lipinski definition) is 1. The van der Waals surface area contributed by atoms with Gasteiger partial charge in [0, 0.05) is 38.9 Å². The van der Waals surface area contributed by atoms with Crippen molar-refractivity contribution < 1.29 is 28.2 Å². The number of halogens is 2. The van der Waals surface area contributed by atoms with Crippen LogP contribution in [0.3, 0.4) is 0 Å². The second kappa shape index (κ2) is 10.3. The highest BCUT2D eigenvalue weighted by molar-refractivity contribution is 6.00. The lowest BCUT2D eigenvalue weighted by atomic mass is 10.0. The summed E-state index contributed by atoms with van der Waals surface area (Å²) in [6.07, 6.45) is 6.81. The lowest BCUT2D eigenvalue weighted by molar-refractivity contribution is 0.0669. The number of ketones is 1. The van der Waals surface area contributed by atoms with Gasteiger partial charge in [0.2, 0.25) is 5.43 Å². The topological polar surface area (TPSA) is 92.1 Å². The third-order valence-corrected chi connectivity index (χ3v) is 5.28. The highest BCUT2D eigenvalue weighted by Gasteiger charge is 2.33. The Morgan fingerprint density at radius 2 is 2.06 bits per heavy atom. The molecule has 1 aliphatic heterocycles. The van der Waals surface area contributed by atoms with E-state index in [4.69, 9.17) is 11.2 Å². The fourth-order valence-electron chi connectivity index (χ4n) is 3.60. The molecule has 10 heteroatoms. The van der Waals surface area contributed by atoms with Crippen LogP contribution in [0.25, 0.3) is 0 Å². The number of pyridine rings is 1. The zero-order valence-corrected chi connectivity index (χ0v) is 18.0. The molecular weight excluding hydrogens is 436 g/mol. The monoisotopic (exact) mass is 459 g/mol. The molecule has 33 heavy (non-hydrogen) atoms. The minimum Gasteiger partial charge on any atom is -0.502 e. The number of carbonyl (C=O) groups excluding carboxylic acids is 2. The van der Waals surface area contributed by atoms with E-state index in [-0.39, 0.29) is 42.9 Å². The minimum absolute atomic E-state index is 0.0395. The fraction of sp³-hybridized carbons (Fsp3) is 0.348. The number of benzene rings is 1. The first-order chi connectivity index (χ1) is 15.8. The van der Waals surface area contributed by atoms with Crippen molar-refractivity contribution in [3.05, 3.63) is 63.1 Å². The van der Waals surface area contributed by atoms with Gasteiger partial charge in [0.15, 0.2) is 17.2 Å². The average molecular weight is 459 g/mol. The van der Waals surface area contributed by atoms with Gasteiger partial charge in [0.25, 0.3) is 5.91 Å². The Labute approximate surface area is 189 Å². The van der Waals surface area contributed by atoms with Gasteiger partial charge in [0.05, 0.1) is 12.1 Å². The second-order valence-corrected chi connectivity index (χ2v) is 7.50. The van der Waals surface area contributed by atoms with Crippen molar-refractivity contribution in [1.29, 1.82) is 0 Å². The second-order valence-electron chi connectivity index (χ2n) is 7.50. The zero-order valence-electron chi connectivity index (χ0n) is 18.0. The normalized spacial score (nSPS) is 13.1. The molecule has 1 N–H and O–H groups in total. The maximum absolute atomic E-state index is 13.9. The summed E-state index contributed by atoms with van der Waals surface area (Å²) in [6, 6.07) is 3.01. The van der Waals surface area contributed by atoms with Crippen molar-refractivity contribution in [2.75, 3.05) is 38.5 Å². The zero-order chi connectivity index (χ0) is 24.1. The predicted octanol–water partition coefficient (Wildman–Crippen LogP) is 1.67. The van der Waals surface area contributed by atoms with E-state index >= 15 is 0 Å². The summed E-state index contributed by atoms with van der Waals surface area (Å²) in [6.45, 7) is 0.847. The number of amides is 1. The first-order valence-electron chi connectivity index (χ1n) is 10.2. The van der Waals surface area contributed by atoms with E-state index in [2.05, 4.69) is 5.92 Å². The molecule has 8 nitrogen and oxygen atoms in total. The number of terminal acetylenes is 1. The van der Waals surface area contributed by atoms with Crippen molar-refractivity contribution >= 4 is 11.7 Å². The van der Waals surface area contributed by atoms with E-state index in [1.807, 2.05) is 0 Å². The van der Waals surface area contributed by atoms with E-state index in [0.29, 0.717) is 25.6 Å². The van der Waals surface area contributed by atoms with Crippen LogP contribution in [0.1, 0.15) is 39.3 Å². The summed E-state index contributed by atoms with van der Waals surface area (Å²) < 4.78 is 33.2. The lowest BCUT2D eigenvalue weighted by Crippen LogP contribution is -2.54. The highest BCUT2D eigenvalue weighted by atomic mass is 19.1. The molecule has 0 fully saturated rings. The van der Waals surface area contributed by atoms with Crippen LogP contribution in [-0.4, -0.2) is 59.8 Å². The number of fused-ring (bicyclic) bond motifs is 1. The van der Waals surface area contributed by atoms with Gasteiger partial charge in [-0.05, 0) is 24.5 Å². The lowest BCUT2D eigenvalue weighted by Gasteiger charge is -2.39. The third-order valence-electron chi connectivity index (χ3n) is 5.28. The molecule has 1 aromatic heterocycles. The summed E-state index contributed by atoms with van der Waals surface area (Å²) in [7, 11) is 1.53. The van der Waals surface area contributed by atoms with Crippen LogP contribution >= 0.6 is 0 Å². The number of Topliss-reactive ketones (excluding diaryl/α,β-unsaturated/α-hetero) is 1. The van der Waals surface area contributed by atoms with E-state index in [1.165, 1.54) is 34.0 Å². The van der Waals surface area contributed by atoms with Gasteiger partial charge < -0.3 is 14.7 Å². The van der Waals surface area contributed by atoms with Gasteiger partial charge in [-0.3, -0.25) is 24.1 Å². The number of aromatic nitrogens is 1. The number of nitrogens with zero attached hydrogens (tertiary/aromatic N) is 3. The molecule has 2 aromatic rings. The Kier molecular flexibility index (Phi) is 7.45. The molecule has 3 rings (SSSR count). The van der Waals surface area contributed by atoms with Crippen molar-refractivity contribution in [2.45, 2.75) is 19.3 Å². The van der Waals surface area contributed by atoms with Crippen molar-refractivity contribution in [3.8, 4) is 18.1 Å². The molecule has 0 saturated heterocycles. The Morgan fingerprint density at radius 3 is 2.73 bits per heavy atom. The quantitative estimate of drug-likeness (QED) is 0.349. The van der Waals surface area contributed by atoms with Gasteiger partial charge in [-0.15, -0.1) is 6.42 Å². The van der Waals surface area contributed by atoms with Crippen LogP contribution in [0, 0.1) is 24.0 Å². The number of aryl methyl sites for hydroxylation is 1. The Morgan fingerprint density at radius 1 is 1.30 bits per heavy atom. The Bertz CT molecular complexity index is 1170. The van der Waals surface area contributed by atoms with Gasteiger partial charge in [0.1, 0.15) is 18.3 Å². The van der Waals surface area contributed by atoms with E-state index in [1.54, 1.807) is 0 Å². The van der Waals surface area contributed by atoms with Crippen LogP contribution < -0.4 is 10.4 Å². The molecule has 1 aromatic carbocycles. The van der Waals surface area contributed by atoms with E-state index in [0.717, 1.165) is 6.07 Å². The molecule has 0 aliphatic carbocycles. The Hall–Kier alpha value is -3.71. The standard InChI is InChI=1S/C23H23F2N3O5/c1-3-9-27-14-26(10-4-11-33-2)23(32)20-22(31)21(30)17(13-28(20)27)19(29)8-6-15-5-7-16(24)12-18(15)25/h1,5,7,12-13,31H,4,6,8-11,14H2,2H3. The van der Waals surface area contributed by atoms with Gasteiger partial charge in [-0.2, -0.15) is 0 Å². The van der Waals surface area contributed by atoms with Crippen molar-refractivity contribution in [2.24, 2.45) is 0 Å². The predicted molar refractivity (Wildman–Crippen MR) is 116 cm³/mol. The fourth-order valence-corrected chi connectivity index (χ4v) is 3.60. The number of ether oxygens (including phenoxy) is 1. The molecule has 0 radical (unpaired) electrons. The molecule has 0 saturated carbocycles. The molecule has 174 valence electrons. The maximum Gasteiger partial charge on any atom is 0.277 e. The van der Waals surface area contributed by atoms with Gasteiger partial charge >= 0.3 is 0 Å². The average Bonchev–Trinajstić information content (AvgIpc) is 2.78. The highest BCUT2D eigenvalue weighted by Crippen LogP contribution is 2.22. The molecule has 1 amide bonds. The summed E-state index contributed by atoms with van der Waals surface area (Å²) >= 11 is 0. The molecule has 0 bridgehead atoms. The van der Waals surface area contributed by atoms with Crippen LogP contribution in [0.15, 0.2) is 29.2 Å². The summed E-state index contributed by atoms with van der Waals surface area (Å²) in [5.41, 5.74) is -1.54. The molecule has 0 atom stereocenters. The number of hydrogen-bond acceptors (Lipinski definition) is 6. The largest absolute Gasteiger partial charge is 0.502 e. The summed E-state index contributed by atoms with van der Waals surface area (Å²) in [5.74, 6) is -1.20. The number of rotatable bonds is 9. The first kappa shape index (κ1) is 23.9. The number of carbonyl (C=O) groups is 2. The van der Waals surface area contributed by atoms with Crippen LogP contribution in [-0.2, 0) is 11.2 Å². The van der Waals surface area contributed by atoms with Crippen LogP contribution in [0.5, 0.6) is 5.75 Å². The molecule has 0 spiro atoms. The number of aromatic hydroxyl groups is 1. The minimum atomic E-state index is -1.00. The van der Waals surface area contributed by atoms with Gasteiger partial charge in [-0.25, -0.2) is 8.78 Å². The summed E-state index contributed by atoms with van der Waals surface area (Å²) in [4.78, 5) is 39.8. The first-order valence-corrected chi connectivity index (χ1v) is 10.2. The SMILES string of the molecule is C#CCN1CN(CCCOC)C(=O)c2c(O)c(=O)c(C(=O)CCc3ccc(F)cc3F)cn21. The van der Waals surface area contributed by atoms with Gasteiger partial charge in [-0.1, -0.05) is 12.0 Å². The van der Waals surface area contributed by atoms with Crippen LogP contribution in [0.4, 0.5) is 8.78 Å². The van der Waals surface area contributed by atoms with Crippen molar-refractivity contribution in [3.63, 3.8) is 0 Å². The third kappa shape index (κ3) is 5.04. The number of methoxy groups -OCH3 is 1. The molecular formula is C23H23F2N3O5. The smallest absolute Gasteiger partial charge is 0.277 e.